The molecular formula is C20H26N2O3. The van der Waals surface area contributed by atoms with Crippen molar-refractivity contribution in [2.24, 2.45) is 5.73 Å². The molecule has 0 aliphatic heterocycles. The van der Waals surface area contributed by atoms with E-state index in [4.69, 9.17) is 14.6 Å². The minimum atomic E-state index is -0.167. The van der Waals surface area contributed by atoms with Gasteiger partial charge >= 0.3 is 0 Å². The first-order chi connectivity index (χ1) is 12.1. The smallest absolute Gasteiger partial charge is 0.138 e. The number of para-hydroxylation sites is 1. The van der Waals surface area contributed by atoms with Crippen LogP contribution in [0.2, 0.25) is 0 Å². The van der Waals surface area contributed by atoms with Gasteiger partial charge in [-0.3, -0.25) is 4.98 Å². The second kappa shape index (κ2) is 11.0. The van der Waals surface area contributed by atoms with Crippen LogP contribution in [0, 0.1) is 0 Å². The van der Waals surface area contributed by atoms with Gasteiger partial charge in [0.15, 0.2) is 0 Å². The first-order valence-corrected chi connectivity index (χ1v) is 8.01. The molecule has 5 heteroatoms. The maximum Gasteiger partial charge on any atom is 0.138 e. The highest BCUT2D eigenvalue weighted by molar-refractivity contribution is 5.86. The normalized spacial score (nSPS) is 9.56. The van der Waals surface area contributed by atoms with E-state index in [2.05, 4.69) is 10.7 Å². The predicted octanol–water partition coefficient (Wildman–Crippen LogP) is 4.00. The Bertz CT molecular complexity index is 744. The van der Waals surface area contributed by atoms with Gasteiger partial charge in [0.1, 0.15) is 17.2 Å². The number of rotatable bonds is 3. The Morgan fingerprint density at radius 3 is 2.20 bits per heavy atom. The molecule has 1 aromatic heterocycles. The van der Waals surface area contributed by atoms with Gasteiger partial charge in [0.25, 0.3) is 0 Å². The summed E-state index contributed by atoms with van der Waals surface area (Å²) in [5, 5.41) is 9.02. The van der Waals surface area contributed by atoms with Crippen LogP contribution in [0.3, 0.4) is 0 Å². The van der Waals surface area contributed by atoms with Crippen LogP contribution < -0.4 is 15.2 Å². The number of hydrogen-bond donors (Lipinski definition) is 2. The Kier molecular flexibility index (Phi) is 9.00. The summed E-state index contributed by atoms with van der Waals surface area (Å²) in [5.41, 5.74) is 5.35. The third-order valence-corrected chi connectivity index (χ3v) is 2.88. The average Bonchev–Trinajstić information content (AvgIpc) is 2.63. The lowest BCUT2D eigenvalue weighted by Gasteiger charge is -2.09. The average molecular weight is 342 g/mol. The molecule has 3 aromatic rings. The van der Waals surface area contributed by atoms with Crippen molar-refractivity contribution in [2.75, 3.05) is 14.2 Å². The molecule has 0 amide bonds. The molecule has 0 atom stereocenters. The van der Waals surface area contributed by atoms with Gasteiger partial charge in [-0.1, -0.05) is 18.2 Å². The van der Waals surface area contributed by atoms with Gasteiger partial charge in [-0.05, 0) is 51.2 Å². The highest BCUT2D eigenvalue weighted by Crippen LogP contribution is 2.30. The second-order valence-electron chi connectivity index (χ2n) is 5.20. The Labute approximate surface area is 149 Å². The third kappa shape index (κ3) is 6.79. The quantitative estimate of drug-likeness (QED) is 0.752. The van der Waals surface area contributed by atoms with E-state index in [0.29, 0.717) is 0 Å². The number of fused-ring (bicyclic) bond motifs is 1. The van der Waals surface area contributed by atoms with Gasteiger partial charge in [0.2, 0.25) is 0 Å². The second-order valence-corrected chi connectivity index (χ2v) is 5.20. The van der Waals surface area contributed by atoms with Crippen LogP contribution in [0.25, 0.3) is 10.9 Å². The fourth-order valence-corrected chi connectivity index (χ4v) is 1.93. The SMILES string of the molecule is CC(C)O.CN.COc1ccc2c(Oc3ccccc3)ccnc2c1. The number of aliphatic hydroxyl groups is 1. The highest BCUT2D eigenvalue weighted by Gasteiger charge is 2.05. The lowest BCUT2D eigenvalue weighted by atomic mass is 10.2. The first-order valence-electron chi connectivity index (χ1n) is 8.01. The number of hydrogen-bond acceptors (Lipinski definition) is 5. The first kappa shape index (κ1) is 20.4. The molecule has 25 heavy (non-hydrogen) atoms. The summed E-state index contributed by atoms with van der Waals surface area (Å²) in [5.74, 6) is 2.39. The number of aromatic nitrogens is 1. The number of aliphatic hydroxyl groups excluding tert-OH is 1. The van der Waals surface area contributed by atoms with E-state index in [1.54, 1.807) is 27.2 Å². The van der Waals surface area contributed by atoms with Gasteiger partial charge in [-0.15, -0.1) is 0 Å². The van der Waals surface area contributed by atoms with Crippen LogP contribution in [0.5, 0.6) is 17.2 Å². The lowest BCUT2D eigenvalue weighted by molar-refractivity contribution is 0.216. The summed E-state index contributed by atoms with van der Waals surface area (Å²) >= 11 is 0. The van der Waals surface area contributed by atoms with E-state index in [9.17, 15) is 0 Å². The molecule has 0 spiro atoms. The summed E-state index contributed by atoms with van der Waals surface area (Å²) in [4.78, 5) is 4.33. The summed E-state index contributed by atoms with van der Waals surface area (Å²) < 4.78 is 11.1. The van der Waals surface area contributed by atoms with E-state index in [-0.39, 0.29) is 6.10 Å². The molecule has 0 aliphatic carbocycles. The third-order valence-electron chi connectivity index (χ3n) is 2.88. The van der Waals surface area contributed by atoms with Crippen molar-refractivity contribution < 1.29 is 14.6 Å². The topological polar surface area (TPSA) is 77.6 Å². The van der Waals surface area contributed by atoms with Crippen molar-refractivity contribution in [3.05, 3.63) is 60.8 Å². The minimum absolute atomic E-state index is 0.167. The van der Waals surface area contributed by atoms with Gasteiger partial charge in [0, 0.05) is 23.8 Å². The molecule has 0 saturated carbocycles. The monoisotopic (exact) mass is 342 g/mol. The zero-order chi connectivity index (χ0) is 18.7. The Balaban J connectivity index is 0.000000461. The molecule has 5 nitrogen and oxygen atoms in total. The zero-order valence-corrected chi connectivity index (χ0v) is 15.1. The van der Waals surface area contributed by atoms with Gasteiger partial charge in [-0.25, -0.2) is 0 Å². The molecule has 0 radical (unpaired) electrons. The highest BCUT2D eigenvalue weighted by atomic mass is 16.5. The molecule has 0 bridgehead atoms. The standard InChI is InChI=1S/C16H13NO2.C3H8O.CH5N/c1-18-13-7-8-14-15(11-13)17-10-9-16(14)19-12-5-3-2-4-6-12;1-3(2)4;1-2/h2-11H,1H3;3-4H,1-2H3;2H2,1H3. The Morgan fingerprint density at radius 2 is 1.60 bits per heavy atom. The van der Waals surface area contributed by atoms with Gasteiger partial charge < -0.3 is 20.3 Å². The number of nitrogens with two attached hydrogens (primary N) is 1. The van der Waals surface area contributed by atoms with Gasteiger partial charge in [0.05, 0.1) is 12.6 Å². The van der Waals surface area contributed by atoms with Crippen LogP contribution in [0.1, 0.15) is 13.8 Å². The number of methoxy groups -OCH3 is 1. The Morgan fingerprint density at radius 1 is 0.960 bits per heavy atom. The number of nitrogens with zero attached hydrogens (tertiary/aromatic N) is 1. The molecule has 3 rings (SSSR count). The number of pyridine rings is 1. The maximum absolute atomic E-state index is 8.06. The maximum atomic E-state index is 8.06. The van der Waals surface area contributed by atoms with Crippen molar-refractivity contribution in [3.63, 3.8) is 0 Å². The molecule has 3 N–H and O–H groups in total. The fourth-order valence-electron chi connectivity index (χ4n) is 1.93. The lowest BCUT2D eigenvalue weighted by Crippen LogP contribution is -1.89. The molecule has 0 saturated heterocycles. The number of ether oxygens (including phenoxy) is 2. The minimum Gasteiger partial charge on any atom is -0.497 e. The van der Waals surface area contributed by atoms with Crippen LogP contribution in [0.4, 0.5) is 0 Å². The molecule has 0 unspecified atom stereocenters. The summed E-state index contributed by atoms with van der Waals surface area (Å²) in [7, 11) is 3.14. The van der Waals surface area contributed by atoms with Crippen LogP contribution >= 0.6 is 0 Å². The largest absolute Gasteiger partial charge is 0.497 e. The molecular weight excluding hydrogens is 316 g/mol. The summed E-state index contributed by atoms with van der Waals surface area (Å²) in [6, 6.07) is 17.3. The van der Waals surface area contributed by atoms with Crippen molar-refractivity contribution >= 4 is 10.9 Å². The van der Waals surface area contributed by atoms with Crippen LogP contribution in [0.15, 0.2) is 60.8 Å². The van der Waals surface area contributed by atoms with E-state index in [1.807, 2.05) is 54.6 Å². The van der Waals surface area contributed by atoms with Crippen molar-refractivity contribution in [1.82, 2.24) is 4.98 Å². The predicted molar refractivity (Wildman–Crippen MR) is 102 cm³/mol. The van der Waals surface area contributed by atoms with Crippen LogP contribution in [-0.4, -0.2) is 30.4 Å². The Hall–Kier alpha value is -2.63. The number of benzene rings is 2. The van der Waals surface area contributed by atoms with E-state index < -0.39 is 0 Å². The van der Waals surface area contributed by atoms with E-state index in [1.165, 1.54) is 7.05 Å². The van der Waals surface area contributed by atoms with E-state index in [0.717, 1.165) is 28.2 Å². The summed E-state index contributed by atoms with van der Waals surface area (Å²) in [6.07, 6.45) is 1.57. The van der Waals surface area contributed by atoms with Crippen molar-refractivity contribution in [2.45, 2.75) is 20.0 Å². The molecule has 2 aromatic carbocycles. The molecule has 0 fully saturated rings. The fraction of sp³-hybridized carbons (Fsp3) is 0.250. The van der Waals surface area contributed by atoms with Crippen molar-refractivity contribution in [3.8, 4) is 17.2 Å². The molecule has 0 aliphatic rings. The van der Waals surface area contributed by atoms with Crippen molar-refractivity contribution in [1.29, 1.82) is 0 Å². The van der Waals surface area contributed by atoms with Gasteiger partial charge in [-0.2, -0.15) is 0 Å². The summed E-state index contributed by atoms with van der Waals surface area (Å²) in [6.45, 7) is 3.44. The molecule has 1 heterocycles. The van der Waals surface area contributed by atoms with Crippen LogP contribution in [-0.2, 0) is 0 Å². The molecule has 134 valence electrons. The van der Waals surface area contributed by atoms with E-state index >= 15 is 0 Å². The zero-order valence-electron chi connectivity index (χ0n) is 15.1.